The Morgan fingerprint density at radius 1 is 1.16 bits per heavy atom. The monoisotopic (exact) mass is 338 g/mol. The van der Waals surface area contributed by atoms with Crippen molar-refractivity contribution in [2.24, 2.45) is 0 Å². The highest BCUT2D eigenvalue weighted by Crippen LogP contribution is 2.20. The molecule has 0 saturated heterocycles. The second-order valence-electron chi connectivity index (χ2n) is 3.89. The van der Waals surface area contributed by atoms with Gasteiger partial charge in [-0.2, -0.15) is 0 Å². The van der Waals surface area contributed by atoms with Gasteiger partial charge in [-0.25, -0.2) is 0 Å². The number of anilines is 2. The summed E-state index contributed by atoms with van der Waals surface area (Å²) in [6.45, 7) is 0.182. The van der Waals surface area contributed by atoms with Crippen molar-refractivity contribution in [3.8, 4) is 0 Å². The minimum Gasteiger partial charge on any atom is -0.376 e. The summed E-state index contributed by atoms with van der Waals surface area (Å²) < 4.78 is 0.962. The van der Waals surface area contributed by atoms with Gasteiger partial charge in [0, 0.05) is 10.2 Å². The van der Waals surface area contributed by atoms with E-state index in [0.29, 0.717) is 10.7 Å². The number of rotatable bonds is 4. The quantitative estimate of drug-likeness (QED) is 0.878. The molecule has 0 bridgehead atoms. The van der Waals surface area contributed by atoms with Crippen LogP contribution in [0.25, 0.3) is 0 Å². The Kier molecular flexibility index (Phi) is 4.82. The van der Waals surface area contributed by atoms with Gasteiger partial charge in [-0.15, -0.1) is 0 Å². The van der Waals surface area contributed by atoms with E-state index in [4.69, 9.17) is 11.6 Å². The van der Waals surface area contributed by atoms with E-state index in [1.54, 1.807) is 12.1 Å². The van der Waals surface area contributed by atoms with Crippen molar-refractivity contribution in [2.75, 3.05) is 17.2 Å². The summed E-state index contributed by atoms with van der Waals surface area (Å²) in [5, 5.41) is 6.32. The minimum atomic E-state index is -0.145. The van der Waals surface area contributed by atoms with Crippen molar-refractivity contribution >= 4 is 44.8 Å². The van der Waals surface area contributed by atoms with E-state index >= 15 is 0 Å². The first-order chi connectivity index (χ1) is 9.15. The van der Waals surface area contributed by atoms with Crippen molar-refractivity contribution in [1.82, 2.24) is 0 Å². The molecule has 3 nitrogen and oxygen atoms in total. The predicted octanol–water partition coefficient (Wildman–Crippen LogP) is 4.15. The zero-order valence-corrected chi connectivity index (χ0v) is 12.3. The van der Waals surface area contributed by atoms with Crippen LogP contribution >= 0.6 is 27.5 Å². The molecular formula is C14H12BrClN2O. The molecule has 2 N–H and O–H groups in total. The van der Waals surface area contributed by atoms with Crippen molar-refractivity contribution in [1.29, 1.82) is 0 Å². The van der Waals surface area contributed by atoms with Gasteiger partial charge in [0.15, 0.2) is 0 Å². The van der Waals surface area contributed by atoms with Crippen LogP contribution in [0.15, 0.2) is 53.0 Å². The number of nitrogens with one attached hydrogen (secondary N) is 2. The Bertz CT molecular complexity index is 589. The Morgan fingerprint density at radius 2 is 1.95 bits per heavy atom. The summed E-state index contributed by atoms with van der Waals surface area (Å²) in [5.74, 6) is -0.145. The molecule has 0 aliphatic heterocycles. The molecule has 19 heavy (non-hydrogen) atoms. The molecule has 0 spiro atoms. The first-order valence-corrected chi connectivity index (χ1v) is 6.86. The molecule has 0 aromatic heterocycles. The van der Waals surface area contributed by atoms with Crippen LogP contribution in [0.1, 0.15) is 0 Å². The third-order valence-corrected chi connectivity index (χ3v) is 3.25. The van der Waals surface area contributed by atoms with E-state index in [-0.39, 0.29) is 12.5 Å². The fourth-order valence-corrected chi connectivity index (χ4v) is 2.12. The number of carbonyl (C=O) groups is 1. The Morgan fingerprint density at radius 3 is 2.68 bits per heavy atom. The van der Waals surface area contributed by atoms with Crippen LogP contribution < -0.4 is 10.6 Å². The van der Waals surface area contributed by atoms with Crippen molar-refractivity contribution < 1.29 is 4.79 Å². The number of para-hydroxylation sites is 1. The van der Waals surface area contributed by atoms with Gasteiger partial charge in [-0.3, -0.25) is 4.79 Å². The van der Waals surface area contributed by atoms with Gasteiger partial charge in [0.05, 0.1) is 17.3 Å². The molecule has 0 atom stereocenters. The average Bonchev–Trinajstić information content (AvgIpc) is 2.39. The largest absolute Gasteiger partial charge is 0.376 e. The number of hydrogen-bond donors (Lipinski definition) is 2. The van der Waals surface area contributed by atoms with Crippen molar-refractivity contribution in [3.63, 3.8) is 0 Å². The van der Waals surface area contributed by atoms with Gasteiger partial charge in [-0.1, -0.05) is 45.7 Å². The predicted molar refractivity (Wildman–Crippen MR) is 82.7 cm³/mol. The summed E-state index contributed by atoms with van der Waals surface area (Å²) >= 11 is 9.34. The van der Waals surface area contributed by atoms with E-state index in [1.165, 1.54) is 0 Å². The Hall–Kier alpha value is -1.52. The lowest BCUT2D eigenvalue weighted by Gasteiger charge is -2.09. The standard InChI is InChI=1S/C14H12BrClN2O/c15-10-4-3-5-11(8-10)17-9-14(19)18-13-7-2-1-6-12(13)16/h1-8,17H,9H2,(H,18,19). The molecule has 0 fully saturated rings. The van der Waals surface area contributed by atoms with Gasteiger partial charge in [0.2, 0.25) is 5.91 Å². The fraction of sp³-hybridized carbons (Fsp3) is 0.0714. The van der Waals surface area contributed by atoms with Gasteiger partial charge in [0.1, 0.15) is 0 Å². The summed E-state index contributed by atoms with van der Waals surface area (Å²) in [7, 11) is 0. The van der Waals surface area contributed by atoms with Crippen LogP contribution in [0.4, 0.5) is 11.4 Å². The maximum absolute atomic E-state index is 11.8. The number of benzene rings is 2. The van der Waals surface area contributed by atoms with Gasteiger partial charge in [0.25, 0.3) is 0 Å². The molecule has 2 rings (SSSR count). The van der Waals surface area contributed by atoms with E-state index in [0.717, 1.165) is 10.2 Å². The van der Waals surface area contributed by atoms with Crippen LogP contribution in [0.3, 0.4) is 0 Å². The maximum Gasteiger partial charge on any atom is 0.243 e. The molecule has 0 heterocycles. The van der Waals surface area contributed by atoms with Gasteiger partial charge in [-0.05, 0) is 30.3 Å². The first-order valence-electron chi connectivity index (χ1n) is 5.69. The SMILES string of the molecule is O=C(CNc1cccc(Br)c1)Nc1ccccc1Cl. The van der Waals surface area contributed by atoms with Crippen LogP contribution in [0.5, 0.6) is 0 Å². The van der Waals surface area contributed by atoms with E-state index < -0.39 is 0 Å². The number of hydrogen-bond acceptors (Lipinski definition) is 2. The Labute approximate surface area is 125 Å². The second-order valence-corrected chi connectivity index (χ2v) is 5.21. The van der Waals surface area contributed by atoms with E-state index in [2.05, 4.69) is 26.6 Å². The van der Waals surface area contributed by atoms with Crippen LogP contribution in [0.2, 0.25) is 5.02 Å². The molecule has 98 valence electrons. The zero-order chi connectivity index (χ0) is 13.7. The van der Waals surface area contributed by atoms with E-state index in [1.807, 2.05) is 36.4 Å². The third kappa shape index (κ3) is 4.26. The molecule has 5 heteroatoms. The molecule has 2 aromatic rings. The first kappa shape index (κ1) is 13.9. The molecule has 0 aliphatic rings. The van der Waals surface area contributed by atoms with Crippen LogP contribution in [0, 0.1) is 0 Å². The normalized spacial score (nSPS) is 10.0. The van der Waals surface area contributed by atoms with Crippen molar-refractivity contribution in [3.05, 3.63) is 58.0 Å². The summed E-state index contributed by atoms with van der Waals surface area (Å²) in [4.78, 5) is 11.8. The highest BCUT2D eigenvalue weighted by molar-refractivity contribution is 9.10. The lowest BCUT2D eigenvalue weighted by atomic mass is 10.3. The van der Waals surface area contributed by atoms with E-state index in [9.17, 15) is 4.79 Å². The molecule has 0 unspecified atom stereocenters. The minimum absolute atomic E-state index is 0.145. The fourth-order valence-electron chi connectivity index (χ4n) is 1.54. The summed E-state index contributed by atoms with van der Waals surface area (Å²) in [6, 6.07) is 14.8. The summed E-state index contributed by atoms with van der Waals surface area (Å²) in [6.07, 6.45) is 0. The topological polar surface area (TPSA) is 41.1 Å². The smallest absolute Gasteiger partial charge is 0.243 e. The average molecular weight is 340 g/mol. The Balaban J connectivity index is 1.90. The number of amides is 1. The molecule has 0 saturated carbocycles. The lowest BCUT2D eigenvalue weighted by Crippen LogP contribution is -2.21. The third-order valence-electron chi connectivity index (χ3n) is 2.43. The van der Waals surface area contributed by atoms with Crippen LogP contribution in [-0.2, 0) is 4.79 Å². The molecule has 2 aromatic carbocycles. The van der Waals surface area contributed by atoms with Gasteiger partial charge < -0.3 is 10.6 Å². The van der Waals surface area contributed by atoms with Crippen LogP contribution in [-0.4, -0.2) is 12.5 Å². The molecule has 1 amide bonds. The van der Waals surface area contributed by atoms with Crippen molar-refractivity contribution in [2.45, 2.75) is 0 Å². The highest BCUT2D eigenvalue weighted by Gasteiger charge is 2.04. The molecular weight excluding hydrogens is 328 g/mol. The number of carbonyl (C=O) groups excluding carboxylic acids is 1. The van der Waals surface area contributed by atoms with Gasteiger partial charge >= 0.3 is 0 Å². The lowest BCUT2D eigenvalue weighted by molar-refractivity contribution is -0.114. The molecule has 0 aliphatic carbocycles. The molecule has 0 radical (unpaired) electrons. The zero-order valence-electron chi connectivity index (χ0n) is 9.99. The second kappa shape index (κ2) is 6.59. The highest BCUT2D eigenvalue weighted by atomic mass is 79.9. The summed E-state index contributed by atoms with van der Waals surface area (Å²) in [5.41, 5.74) is 1.49. The maximum atomic E-state index is 11.8. The number of halogens is 2.